The van der Waals surface area contributed by atoms with Crippen LogP contribution >= 0.6 is 0 Å². The number of unbranched alkanes of at least 4 members (excludes halogenated alkanes) is 1. The minimum Gasteiger partial charge on any atom is -0.465 e. The Morgan fingerprint density at radius 2 is 1.85 bits per heavy atom. The molecular formula is C15H18F3N5O3. The van der Waals surface area contributed by atoms with Crippen molar-refractivity contribution >= 4 is 12.0 Å². The molecule has 1 aromatic carbocycles. The molecule has 3 N–H and O–H groups in total. The molecule has 0 radical (unpaired) electrons. The molecule has 0 spiro atoms. The van der Waals surface area contributed by atoms with Crippen molar-refractivity contribution in [2.45, 2.75) is 38.0 Å². The van der Waals surface area contributed by atoms with Crippen LogP contribution in [0.25, 0.3) is 10.4 Å². The van der Waals surface area contributed by atoms with Crippen molar-refractivity contribution in [2.24, 2.45) is 5.11 Å². The van der Waals surface area contributed by atoms with E-state index in [1.165, 1.54) is 12.1 Å². The van der Waals surface area contributed by atoms with Crippen LogP contribution in [0.1, 0.15) is 30.4 Å². The highest BCUT2D eigenvalue weighted by molar-refractivity contribution is 5.81. The lowest BCUT2D eigenvalue weighted by Crippen LogP contribution is -2.33. The predicted molar refractivity (Wildman–Crippen MR) is 86.1 cm³/mol. The third kappa shape index (κ3) is 7.75. The predicted octanol–water partition coefficient (Wildman–Crippen LogP) is 3.44. The summed E-state index contributed by atoms with van der Waals surface area (Å²) in [6.07, 6.45) is -4.42. The molecule has 2 amide bonds. The van der Waals surface area contributed by atoms with Gasteiger partial charge in [-0.25, -0.2) is 4.79 Å². The van der Waals surface area contributed by atoms with E-state index in [9.17, 15) is 22.8 Å². The molecule has 0 bridgehead atoms. The van der Waals surface area contributed by atoms with Gasteiger partial charge in [-0.05, 0) is 36.1 Å². The molecule has 1 aromatic rings. The van der Waals surface area contributed by atoms with Crippen molar-refractivity contribution in [2.75, 3.05) is 6.54 Å². The SMILES string of the molecule is [N-]=[N+]=N[C@@H](CCCCNC(=O)O)C(=O)NCc1ccc(C(F)(F)F)cc1. The van der Waals surface area contributed by atoms with Crippen LogP contribution in [0.2, 0.25) is 0 Å². The molecule has 11 heteroatoms. The van der Waals surface area contributed by atoms with Crippen molar-refractivity contribution < 1.29 is 27.9 Å². The van der Waals surface area contributed by atoms with E-state index >= 15 is 0 Å². The maximum atomic E-state index is 12.5. The molecule has 0 aliphatic carbocycles. The summed E-state index contributed by atoms with van der Waals surface area (Å²) in [5.41, 5.74) is 8.22. The number of benzene rings is 1. The first kappa shape index (κ1) is 21.1. The van der Waals surface area contributed by atoms with Crippen LogP contribution in [0.15, 0.2) is 29.4 Å². The summed E-state index contributed by atoms with van der Waals surface area (Å²) in [6.45, 7) is 0.209. The number of carbonyl (C=O) groups is 2. The lowest BCUT2D eigenvalue weighted by atomic mass is 10.1. The summed E-state index contributed by atoms with van der Waals surface area (Å²) in [4.78, 5) is 24.9. The molecule has 0 saturated heterocycles. The second kappa shape index (κ2) is 10.1. The maximum Gasteiger partial charge on any atom is 0.416 e. The van der Waals surface area contributed by atoms with E-state index in [1.807, 2.05) is 0 Å². The number of carboxylic acid groups (broad SMARTS) is 1. The minimum absolute atomic E-state index is 0.00497. The smallest absolute Gasteiger partial charge is 0.416 e. The topological polar surface area (TPSA) is 127 Å². The number of hydrogen-bond donors (Lipinski definition) is 3. The van der Waals surface area contributed by atoms with Crippen molar-refractivity contribution in [3.05, 3.63) is 45.8 Å². The molecule has 0 aliphatic heterocycles. The van der Waals surface area contributed by atoms with Gasteiger partial charge in [0.2, 0.25) is 5.91 Å². The molecule has 142 valence electrons. The zero-order chi connectivity index (χ0) is 19.6. The lowest BCUT2D eigenvalue weighted by molar-refractivity contribution is -0.137. The second-order valence-electron chi connectivity index (χ2n) is 5.36. The summed E-state index contributed by atoms with van der Waals surface area (Å²) in [5.74, 6) is -0.547. The molecule has 1 atom stereocenters. The van der Waals surface area contributed by atoms with Crippen LogP contribution < -0.4 is 10.6 Å². The first-order chi connectivity index (χ1) is 12.2. The molecule has 0 aromatic heterocycles. The van der Waals surface area contributed by atoms with Crippen LogP contribution in [0, 0.1) is 0 Å². The quantitative estimate of drug-likeness (QED) is 0.265. The van der Waals surface area contributed by atoms with Crippen LogP contribution in [-0.4, -0.2) is 29.7 Å². The van der Waals surface area contributed by atoms with E-state index in [0.29, 0.717) is 18.4 Å². The molecule has 0 unspecified atom stereocenters. The molecule has 0 aliphatic rings. The van der Waals surface area contributed by atoms with Gasteiger partial charge in [-0.3, -0.25) is 4.79 Å². The van der Waals surface area contributed by atoms with Gasteiger partial charge in [0.05, 0.1) is 5.56 Å². The third-order valence-electron chi connectivity index (χ3n) is 3.42. The van der Waals surface area contributed by atoms with Gasteiger partial charge < -0.3 is 15.7 Å². The highest BCUT2D eigenvalue weighted by atomic mass is 19.4. The number of nitrogens with one attached hydrogen (secondary N) is 2. The van der Waals surface area contributed by atoms with Crippen LogP contribution in [-0.2, 0) is 17.5 Å². The van der Waals surface area contributed by atoms with Gasteiger partial charge >= 0.3 is 12.3 Å². The average molecular weight is 373 g/mol. The first-order valence-corrected chi connectivity index (χ1v) is 7.69. The fourth-order valence-electron chi connectivity index (χ4n) is 2.08. The number of azide groups is 1. The molecule has 1 rings (SSSR count). The Hall–Kier alpha value is -2.94. The zero-order valence-electron chi connectivity index (χ0n) is 13.7. The van der Waals surface area contributed by atoms with Crippen molar-refractivity contribution in [1.29, 1.82) is 0 Å². The van der Waals surface area contributed by atoms with E-state index in [-0.39, 0.29) is 19.5 Å². The Labute approximate surface area is 147 Å². The third-order valence-corrected chi connectivity index (χ3v) is 3.42. The van der Waals surface area contributed by atoms with Gasteiger partial charge in [0, 0.05) is 18.0 Å². The molecule has 8 nitrogen and oxygen atoms in total. The standard InChI is InChI=1S/C15H18F3N5O3/c16-15(17,18)11-6-4-10(5-7-11)9-21-13(24)12(22-23-19)3-1-2-8-20-14(25)26/h4-7,12,20H,1-3,8-9H2,(H,21,24)(H,25,26)/t12-/m0/s1. The van der Waals surface area contributed by atoms with Crippen molar-refractivity contribution in [3.63, 3.8) is 0 Å². The highest BCUT2D eigenvalue weighted by Crippen LogP contribution is 2.29. The van der Waals surface area contributed by atoms with Gasteiger partial charge in [0.1, 0.15) is 6.04 Å². The fraction of sp³-hybridized carbons (Fsp3) is 0.467. The Morgan fingerprint density at radius 1 is 1.19 bits per heavy atom. The highest BCUT2D eigenvalue weighted by Gasteiger charge is 2.29. The monoisotopic (exact) mass is 373 g/mol. The Balaban J connectivity index is 2.49. The maximum absolute atomic E-state index is 12.5. The molecular weight excluding hydrogens is 355 g/mol. The summed E-state index contributed by atoms with van der Waals surface area (Å²) < 4.78 is 37.5. The number of nitrogens with zero attached hydrogens (tertiary/aromatic N) is 3. The van der Waals surface area contributed by atoms with Crippen molar-refractivity contribution in [3.8, 4) is 0 Å². The molecule has 26 heavy (non-hydrogen) atoms. The number of hydrogen-bond acceptors (Lipinski definition) is 3. The number of carbonyl (C=O) groups excluding carboxylic acids is 1. The van der Waals surface area contributed by atoms with Crippen LogP contribution in [0.4, 0.5) is 18.0 Å². The summed E-state index contributed by atoms with van der Waals surface area (Å²) in [6, 6.07) is 3.37. The second-order valence-corrected chi connectivity index (χ2v) is 5.36. The van der Waals surface area contributed by atoms with E-state index in [2.05, 4.69) is 20.7 Å². The molecule has 0 fully saturated rings. The number of amides is 2. The largest absolute Gasteiger partial charge is 0.465 e. The Bertz CT molecular complexity index is 657. The number of halogens is 3. The Morgan fingerprint density at radius 3 is 2.38 bits per heavy atom. The number of alkyl halides is 3. The molecule has 0 heterocycles. The fourth-order valence-corrected chi connectivity index (χ4v) is 2.08. The summed E-state index contributed by atoms with van der Waals surface area (Å²) in [5, 5.41) is 16.5. The van der Waals surface area contributed by atoms with E-state index in [1.54, 1.807) is 0 Å². The minimum atomic E-state index is -4.43. The molecule has 0 saturated carbocycles. The van der Waals surface area contributed by atoms with Gasteiger partial charge in [-0.15, -0.1) is 0 Å². The summed E-state index contributed by atoms with van der Waals surface area (Å²) in [7, 11) is 0. The van der Waals surface area contributed by atoms with Crippen molar-refractivity contribution in [1.82, 2.24) is 10.6 Å². The van der Waals surface area contributed by atoms with E-state index in [4.69, 9.17) is 10.6 Å². The van der Waals surface area contributed by atoms with Crippen LogP contribution in [0.5, 0.6) is 0 Å². The van der Waals surface area contributed by atoms with Gasteiger partial charge in [0.25, 0.3) is 0 Å². The van der Waals surface area contributed by atoms with Gasteiger partial charge in [-0.2, -0.15) is 13.2 Å². The summed E-state index contributed by atoms with van der Waals surface area (Å²) >= 11 is 0. The van der Waals surface area contributed by atoms with Gasteiger partial charge in [-0.1, -0.05) is 23.7 Å². The van der Waals surface area contributed by atoms with Crippen LogP contribution in [0.3, 0.4) is 0 Å². The first-order valence-electron chi connectivity index (χ1n) is 7.69. The zero-order valence-corrected chi connectivity index (χ0v) is 13.7. The normalized spacial score (nSPS) is 12.0. The Kier molecular flexibility index (Phi) is 8.23. The van der Waals surface area contributed by atoms with Gasteiger partial charge in [0.15, 0.2) is 0 Å². The lowest BCUT2D eigenvalue weighted by Gasteiger charge is -2.12. The van der Waals surface area contributed by atoms with E-state index < -0.39 is 29.8 Å². The van der Waals surface area contributed by atoms with E-state index in [0.717, 1.165) is 12.1 Å². The average Bonchev–Trinajstić information content (AvgIpc) is 2.57. The number of rotatable bonds is 9.